The van der Waals surface area contributed by atoms with Crippen LogP contribution in [0, 0.1) is 0 Å². The molecule has 2 bridgehead atoms. The minimum atomic E-state index is 0.782. The molecule has 2 atom stereocenters. The number of nitrogens with zero attached hydrogens (tertiary/aromatic N) is 1. The van der Waals surface area contributed by atoms with Gasteiger partial charge in [0.05, 0.1) is 6.61 Å². The maximum absolute atomic E-state index is 5.41. The van der Waals surface area contributed by atoms with E-state index in [4.69, 9.17) is 4.74 Å². The van der Waals surface area contributed by atoms with E-state index in [1.54, 1.807) is 0 Å². The highest BCUT2D eigenvalue weighted by molar-refractivity contribution is 4.95. The summed E-state index contributed by atoms with van der Waals surface area (Å²) >= 11 is 0. The summed E-state index contributed by atoms with van der Waals surface area (Å²) in [6.07, 6.45) is 5.44. The van der Waals surface area contributed by atoms with Crippen LogP contribution in [0.5, 0.6) is 0 Å². The molecule has 0 aromatic heterocycles. The first kappa shape index (κ1) is 11.4. The monoisotopic (exact) mass is 212 g/mol. The molecule has 3 heteroatoms. The summed E-state index contributed by atoms with van der Waals surface area (Å²) in [5.41, 5.74) is 0. The van der Waals surface area contributed by atoms with Gasteiger partial charge in [-0.15, -0.1) is 0 Å². The van der Waals surface area contributed by atoms with Crippen molar-refractivity contribution < 1.29 is 4.74 Å². The Morgan fingerprint density at radius 2 is 1.93 bits per heavy atom. The molecule has 1 N–H and O–H groups in total. The number of hydrogen-bond acceptors (Lipinski definition) is 3. The Balaban J connectivity index is 1.73. The molecular weight excluding hydrogens is 188 g/mol. The van der Waals surface area contributed by atoms with Crippen LogP contribution in [0.25, 0.3) is 0 Å². The molecule has 0 aliphatic carbocycles. The summed E-state index contributed by atoms with van der Waals surface area (Å²) in [6.45, 7) is 4.86. The number of fused-ring (bicyclic) bond motifs is 2. The van der Waals surface area contributed by atoms with Gasteiger partial charge in [0, 0.05) is 31.3 Å². The van der Waals surface area contributed by atoms with Crippen LogP contribution in [0.2, 0.25) is 0 Å². The third kappa shape index (κ3) is 2.92. The van der Waals surface area contributed by atoms with E-state index in [2.05, 4.69) is 24.2 Å². The lowest BCUT2D eigenvalue weighted by molar-refractivity contribution is 0.0930. The standard InChI is InChI=1S/C12H24N2O/c1-3-15-7-6-14(2)12-8-10-4-5-11(9-12)13-10/h10-13H,3-9H2,1-2H3. The second-order valence-electron chi connectivity index (χ2n) is 4.94. The largest absolute Gasteiger partial charge is 0.380 e. The van der Waals surface area contributed by atoms with Gasteiger partial charge in [0.15, 0.2) is 0 Å². The van der Waals surface area contributed by atoms with E-state index in [9.17, 15) is 0 Å². The molecule has 0 aromatic carbocycles. The van der Waals surface area contributed by atoms with Crippen molar-refractivity contribution in [3.05, 3.63) is 0 Å². The minimum absolute atomic E-state index is 0.782. The SMILES string of the molecule is CCOCCN(C)C1CC2CCC(C1)N2. The van der Waals surface area contributed by atoms with E-state index in [0.717, 1.165) is 37.9 Å². The number of hydrogen-bond donors (Lipinski definition) is 1. The zero-order valence-corrected chi connectivity index (χ0v) is 10.0. The van der Waals surface area contributed by atoms with E-state index in [-0.39, 0.29) is 0 Å². The molecule has 0 aromatic rings. The first-order valence-corrected chi connectivity index (χ1v) is 6.33. The van der Waals surface area contributed by atoms with Crippen molar-refractivity contribution in [2.24, 2.45) is 0 Å². The summed E-state index contributed by atoms with van der Waals surface area (Å²) < 4.78 is 5.41. The third-order valence-corrected chi connectivity index (χ3v) is 3.86. The molecule has 2 aliphatic heterocycles. The molecule has 2 unspecified atom stereocenters. The van der Waals surface area contributed by atoms with Gasteiger partial charge >= 0.3 is 0 Å². The fraction of sp³-hybridized carbons (Fsp3) is 1.00. The van der Waals surface area contributed by atoms with E-state index in [0.29, 0.717) is 0 Å². The molecule has 2 aliphatic rings. The lowest BCUT2D eigenvalue weighted by Crippen LogP contribution is -2.47. The van der Waals surface area contributed by atoms with Crippen LogP contribution in [-0.2, 0) is 4.74 Å². The molecule has 2 saturated heterocycles. The fourth-order valence-electron chi connectivity index (χ4n) is 2.92. The van der Waals surface area contributed by atoms with E-state index in [1.807, 2.05) is 0 Å². The lowest BCUT2D eigenvalue weighted by Gasteiger charge is -2.35. The zero-order valence-electron chi connectivity index (χ0n) is 10.0. The van der Waals surface area contributed by atoms with Crippen molar-refractivity contribution in [1.29, 1.82) is 0 Å². The maximum Gasteiger partial charge on any atom is 0.0593 e. The molecule has 2 heterocycles. The molecule has 0 saturated carbocycles. The normalized spacial score (nSPS) is 35.0. The predicted octanol–water partition coefficient (Wildman–Crippen LogP) is 1.24. The first-order chi connectivity index (χ1) is 7.29. The first-order valence-electron chi connectivity index (χ1n) is 6.33. The average Bonchev–Trinajstić information content (AvgIpc) is 2.58. The van der Waals surface area contributed by atoms with Crippen molar-refractivity contribution in [3.63, 3.8) is 0 Å². The van der Waals surface area contributed by atoms with Gasteiger partial charge in [-0.1, -0.05) is 0 Å². The highest BCUT2D eigenvalue weighted by atomic mass is 16.5. The number of piperidine rings is 1. The van der Waals surface area contributed by atoms with Gasteiger partial charge in [-0.05, 0) is 39.7 Å². The Morgan fingerprint density at radius 1 is 1.27 bits per heavy atom. The summed E-state index contributed by atoms with van der Waals surface area (Å²) in [5, 5.41) is 3.68. The fourth-order valence-corrected chi connectivity index (χ4v) is 2.92. The van der Waals surface area contributed by atoms with Gasteiger partial charge in [-0.3, -0.25) is 0 Å². The number of likely N-dealkylation sites (N-methyl/N-ethyl adjacent to an activating group) is 1. The number of ether oxygens (including phenoxy) is 1. The minimum Gasteiger partial charge on any atom is -0.380 e. The van der Waals surface area contributed by atoms with Crippen LogP contribution in [0.4, 0.5) is 0 Å². The molecule has 2 fully saturated rings. The van der Waals surface area contributed by atoms with Crippen LogP contribution in [0.15, 0.2) is 0 Å². The highest BCUT2D eigenvalue weighted by Gasteiger charge is 2.34. The van der Waals surface area contributed by atoms with Crippen molar-refractivity contribution in [2.45, 2.75) is 50.7 Å². The van der Waals surface area contributed by atoms with Gasteiger partial charge in [0.2, 0.25) is 0 Å². The van der Waals surface area contributed by atoms with Crippen LogP contribution >= 0.6 is 0 Å². The van der Waals surface area contributed by atoms with E-state index < -0.39 is 0 Å². The van der Waals surface area contributed by atoms with E-state index >= 15 is 0 Å². The van der Waals surface area contributed by atoms with Gasteiger partial charge in [-0.2, -0.15) is 0 Å². The number of nitrogens with one attached hydrogen (secondary N) is 1. The predicted molar refractivity (Wildman–Crippen MR) is 62.1 cm³/mol. The van der Waals surface area contributed by atoms with Crippen LogP contribution in [0.3, 0.4) is 0 Å². The topological polar surface area (TPSA) is 24.5 Å². The van der Waals surface area contributed by atoms with E-state index in [1.165, 1.54) is 25.7 Å². The maximum atomic E-state index is 5.41. The summed E-state index contributed by atoms with van der Waals surface area (Å²) in [4.78, 5) is 2.49. The average molecular weight is 212 g/mol. The Hall–Kier alpha value is -0.120. The molecule has 0 amide bonds. The molecular formula is C12H24N2O. The van der Waals surface area contributed by atoms with Gasteiger partial charge in [-0.25, -0.2) is 0 Å². The lowest BCUT2D eigenvalue weighted by atomic mass is 9.99. The van der Waals surface area contributed by atoms with Crippen molar-refractivity contribution in [1.82, 2.24) is 10.2 Å². The van der Waals surface area contributed by atoms with Gasteiger partial charge in [0.1, 0.15) is 0 Å². The Morgan fingerprint density at radius 3 is 2.53 bits per heavy atom. The summed E-state index contributed by atoms with van der Waals surface area (Å²) in [7, 11) is 2.24. The second-order valence-corrected chi connectivity index (χ2v) is 4.94. The molecule has 0 spiro atoms. The van der Waals surface area contributed by atoms with Crippen molar-refractivity contribution >= 4 is 0 Å². The molecule has 2 rings (SSSR count). The Labute approximate surface area is 93.2 Å². The van der Waals surface area contributed by atoms with Gasteiger partial charge in [0.25, 0.3) is 0 Å². The third-order valence-electron chi connectivity index (χ3n) is 3.86. The van der Waals surface area contributed by atoms with Crippen LogP contribution in [-0.4, -0.2) is 49.8 Å². The quantitative estimate of drug-likeness (QED) is 0.694. The number of rotatable bonds is 5. The zero-order chi connectivity index (χ0) is 10.7. The summed E-state index contributed by atoms with van der Waals surface area (Å²) in [5.74, 6) is 0. The van der Waals surface area contributed by atoms with Crippen LogP contribution in [0.1, 0.15) is 32.6 Å². The molecule has 3 nitrogen and oxygen atoms in total. The highest BCUT2D eigenvalue weighted by Crippen LogP contribution is 2.28. The Kier molecular flexibility index (Phi) is 4.00. The van der Waals surface area contributed by atoms with Crippen molar-refractivity contribution in [2.75, 3.05) is 26.8 Å². The smallest absolute Gasteiger partial charge is 0.0593 e. The Bertz CT molecular complexity index is 186. The molecule has 0 radical (unpaired) electrons. The van der Waals surface area contributed by atoms with Crippen LogP contribution < -0.4 is 5.32 Å². The molecule has 15 heavy (non-hydrogen) atoms. The van der Waals surface area contributed by atoms with Gasteiger partial charge < -0.3 is 15.0 Å². The molecule has 88 valence electrons. The summed E-state index contributed by atoms with van der Waals surface area (Å²) in [6, 6.07) is 2.37. The van der Waals surface area contributed by atoms with Crippen molar-refractivity contribution in [3.8, 4) is 0 Å². The second kappa shape index (κ2) is 5.28.